The van der Waals surface area contributed by atoms with Gasteiger partial charge in [0.05, 0.1) is 18.4 Å². The van der Waals surface area contributed by atoms with E-state index in [9.17, 15) is 0 Å². The highest BCUT2D eigenvalue weighted by Gasteiger charge is 2.21. The van der Waals surface area contributed by atoms with Crippen LogP contribution >= 0.6 is 23.5 Å². The van der Waals surface area contributed by atoms with Crippen molar-refractivity contribution in [1.82, 2.24) is 15.5 Å². The van der Waals surface area contributed by atoms with Crippen LogP contribution in [0.2, 0.25) is 0 Å². The Bertz CT molecular complexity index is 329. The van der Waals surface area contributed by atoms with Gasteiger partial charge in [0.2, 0.25) is 5.89 Å². The van der Waals surface area contributed by atoms with E-state index in [1.807, 2.05) is 23.5 Å². The summed E-state index contributed by atoms with van der Waals surface area (Å²) in [4.78, 5) is 4.42. The van der Waals surface area contributed by atoms with Crippen LogP contribution in [0.5, 0.6) is 0 Å². The van der Waals surface area contributed by atoms with Crippen molar-refractivity contribution in [2.45, 2.75) is 11.8 Å². The van der Waals surface area contributed by atoms with Gasteiger partial charge in [0.15, 0.2) is 5.82 Å². The third kappa shape index (κ3) is 4.17. The maximum Gasteiger partial charge on any atom is 0.240 e. The summed E-state index contributed by atoms with van der Waals surface area (Å²) >= 11 is 3.87. The highest BCUT2D eigenvalue weighted by atomic mass is 32.2. The molecule has 0 spiro atoms. The standard InChI is InChI=1S/C10H17N3O2S2/c1-14-3-2-11-6-9-12-10(13-15-9)8-7-16-4-5-17-8/h8,11H,2-7H2,1H3. The van der Waals surface area contributed by atoms with Gasteiger partial charge in [-0.25, -0.2) is 0 Å². The van der Waals surface area contributed by atoms with Gasteiger partial charge < -0.3 is 14.6 Å². The quantitative estimate of drug-likeness (QED) is 0.786. The van der Waals surface area contributed by atoms with Crippen molar-refractivity contribution in [3.63, 3.8) is 0 Å². The number of hydrogen-bond donors (Lipinski definition) is 1. The summed E-state index contributed by atoms with van der Waals surface area (Å²) in [6, 6.07) is 0. The van der Waals surface area contributed by atoms with E-state index in [-0.39, 0.29) is 0 Å². The molecular weight excluding hydrogens is 258 g/mol. The number of methoxy groups -OCH3 is 1. The first-order valence-electron chi connectivity index (χ1n) is 5.61. The van der Waals surface area contributed by atoms with E-state index in [4.69, 9.17) is 9.26 Å². The molecule has 1 fully saturated rings. The molecule has 1 aliphatic rings. The van der Waals surface area contributed by atoms with Gasteiger partial charge in [-0.2, -0.15) is 16.7 Å². The summed E-state index contributed by atoms with van der Waals surface area (Å²) in [5.41, 5.74) is 0. The zero-order chi connectivity index (χ0) is 11.9. The summed E-state index contributed by atoms with van der Waals surface area (Å²) in [5.74, 6) is 4.98. The lowest BCUT2D eigenvalue weighted by Crippen LogP contribution is -2.18. The van der Waals surface area contributed by atoms with Crippen LogP contribution in [0.1, 0.15) is 17.0 Å². The van der Waals surface area contributed by atoms with Gasteiger partial charge in [0.25, 0.3) is 0 Å². The molecule has 1 N–H and O–H groups in total. The van der Waals surface area contributed by atoms with Crippen molar-refractivity contribution in [1.29, 1.82) is 0 Å². The number of ether oxygens (including phenoxy) is 1. The molecule has 1 aliphatic heterocycles. The minimum atomic E-state index is 0.394. The Hall–Kier alpha value is -0.240. The van der Waals surface area contributed by atoms with Gasteiger partial charge >= 0.3 is 0 Å². The molecule has 1 atom stereocenters. The predicted octanol–water partition coefficient (Wildman–Crippen LogP) is 1.33. The van der Waals surface area contributed by atoms with Crippen molar-refractivity contribution in [3.8, 4) is 0 Å². The maximum atomic E-state index is 5.21. The largest absolute Gasteiger partial charge is 0.383 e. The second-order valence-corrected chi connectivity index (χ2v) is 6.11. The molecule has 0 amide bonds. The summed E-state index contributed by atoms with van der Waals surface area (Å²) < 4.78 is 10.2. The van der Waals surface area contributed by atoms with E-state index in [1.54, 1.807) is 7.11 Å². The molecule has 1 aromatic heterocycles. The summed E-state index contributed by atoms with van der Waals surface area (Å²) in [7, 11) is 1.68. The Labute approximate surface area is 109 Å². The van der Waals surface area contributed by atoms with Crippen molar-refractivity contribution in [2.75, 3.05) is 37.5 Å². The van der Waals surface area contributed by atoms with Crippen molar-refractivity contribution < 1.29 is 9.26 Å². The first kappa shape index (κ1) is 13.2. The molecule has 1 aromatic rings. The van der Waals surface area contributed by atoms with Crippen molar-refractivity contribution in [3.05, 3.63) is 11.7 Å². The van der Waals surface area contributed by atoms with Gasteiger partial charge in [0, 0.05) is 30.9 Å². The Balaban J connectivity index is 1.78. The lowest BCUT2D eigenvalue weighted by molar-refractivity contribution is 0.197. The van der Waals surface area contributed by atoms with Crippen LogP contribution in [0.25, 0.3) is 0 Å². The molecule has 96 valence electrons. The highest BCUT2D eigenvalue weighted by molar-refractivity contribution is 8.06. The Morgan fingerprint density at radius 1 is 1.53 bits per heavy atom. The molecule has 0 radical (unpaired) electrons. The summed E-state index contributed by atoms with van der Waals surface area (Å²) in [5, 5.41) is 7.63. The average molecular weight is 275 g/mol. The number of nitrogens with one attached hydrogen (secondary N) is 1. The molecule has 0 aromatic carbocycles. The molecule has 0 bridgehead atoms. The molecule has 5 nitrogen and oxygen atoms in total. The van der Waals surface area contributed by atoms with Crippen LogP contribution in [0.4, 0.5) is 0 Å². The molecule has 0 saturated carbocycles. The zero-order valence-electron chi connectivity index (χ0n) is 9.85. The van der Waals surface area contributed by atoms with E-state index in [1.165, 1.54) is 11.5 Å². The Morgan fingerprint density at radius 3 is 3.24 bits per heavy atom. The molecule has 17 heavy (non-hydrogen) atoms. The molecule has 2 heterocycles. The second-order valence-electron chi connectivity index (χ2n) is 3.65. The fourth-order valence-corrected chi connectivity index (χ4v) is 4.07. The van der Waals surface area contributed by atoms with Crippen LogP contribution in [0.15, 0.2) is 4.52 Å². The number of thioether (sulfide) groups is 2. The minimum absolute atomic E-state index is 0.394. The molecule has 1 unspecified atom stereocenters. The third-order valence-corrected chi connectivity index (χ3v) is 5.10. The lowest BCUT2D eigenvalue weighted by Gasteiger charge is -2.16. The van der Waals surface area contributed by atoms with Crippen LogP contribution in [0, 0.1) is 0 Å². The number of rotatable bonds is 6. The zero-order valence-corrected chi connectivity index (χ0v) is 11.5. The maximum absolute atomic E-state index is 5.21. The van der Waals surface area contributed by atoms with Gasteiger partial charge in [-0.1, -0.05) is 5.16 Å². The summed E-state index contributed by atoms with van der Waals surface area (Å²) in [6.45, 7) is 2.10. The van der Waals surface area contributed by atoms with Crippen molar-refractivity contribution in [2.24, 2.45) is 0 Å². The van der Waals surface area contributed by atoms with E-state index in [0.29, 0.717) is 24.3 Å². The number of nitrogens with zero attached hydrogens (tertiary/aromatic N) is 2. The highest BCUT2D eigenvalue weighted by Crippen LogP contribution is 2.34. The average Bonchev–Trinajstić information content (AvgIpc) is 2.85. The predicted molar refractivity (Wildman–Crippen MR) is 70.4 cm³/mol. The lowest BCUT2D eigenvalue weighted by atomic mass is 10.4. The topological polar surface area (TPSA) is 60.2 Å². The smallest absolute Gasteiger partial charge is 0.240 e. The fourth-order valence-electron chi connectivity index (χ4n) is 1.48. The Kier molecular flexibility index (Phi) is 5.63. The molecule has 0 aliphatic carbocycles. The van der Waals surface area contributed by atoms with E-state index in [0.717, 1.165) is 18.1 Å². The monoisotopic (exact) mass is 275 g/mol. The van der Waals surface area contributed by atoms with Crippen LogP contribution in [-0.4, -0.2) is 47.7 Å². The van der Waals surface area contributed by atoms with Gasteiger partial charge in [-0.3, -0.25) is 0 Å². The first-order valence-corrected chi connectivity index (χ1v) is 7.82. The SMILES string of the molecule is COCCNCc1nc(C2CSCCS2)no1. The fraction of sp³-hybridized carbons (Fsp3) is 0.800. The van der Waals surface area contributed by atoms with Gasteiger partial charge in [0.1, 0.15) is 0 Å². The van der Waals surface area contributed by atoms with Gasteiger partial charge in [-0.15, -0.1) is 11.8 Å². The van der Waals surface area contributed by atoms with Crippen LogP contribution in [-0.2, 0) is 11.3 Å². The van der Waals surface area contributed by atoms with E-state index >= 15 is 0 Å². The van der Waals surface area contributed by atoms with E-state index < -0.39 is 0 Å². The number of aromatic nitrogens is 2. The van der Waals surface area contributed by atoms with Crippen molar-refractivity contribution >= 4 is 23.5 Å². The molecular formula is C10H17N3O2S2. The van der Waals surface area contributed by atoms with Crippen LogP contribution < -0.4 is 5.32 Å². The molecule has 1 saturated heterocycles. The number of hydrogen-bond acceptors (Lipinski definition) is 7. The molecule has 2 rings (SSSR count). The van der Waals surface area contributed by atoms with Gasteiger partial charge in [-0.05, 0) is 0 Å². The third-order valence-electron chi connectivity index (χ3n) is 2.35. The normalized spacial score (nSPS) is 20.6. The second kappa shape index (κ2) is 7.25. The van der Waals surface area contributed by atoms with E-state index in [2.05, 4.69) is 15.5 Å². The Morgan fingerprint density at radius 2 is 2.47 bits per heavy atom. The minimum Gasteiger partial charge on any atom is -0.383 e. The summed E-state index contributed by atoms with van der Waals surface area (Å²) in [6.07, 6.45) is 0. The molecule has 7 heteroatoms. The van der Waals surface area contributed by atoms with Crippen LogP contribution in [0.3, 0.4) is 0 Å². The first-order chi connectivity index (χ1) is 8.40.